The second-order valence-corrected chi connectivity index (χ2v) is 7.49. The van der Waals surface area contributed by atoms with Gasteiger partial charge < -0.3 is 19.5 Å². The number of carbonyl (C=O) groups is 1. The van der Waals surface area contributed by atoms with Gasteiger partial charge in [-0.15, -0.1) is 0 Å². The van der Waals surface area contributed by atoms with Gasteiger partial charge in [-0.25, -0.2) is 4.79 Å². The zero-order chi connectivity index (χ0) is 16.2. The number of fused-ring (bicyclic) bond motifs is 5. The number of carbonyl (C=O) groups excluding carboxylic acids is 1. The van der Waals surface area contributed by atoms with Crippen LogP contribution < -0.4 is 4.90 Å². The van der Waals surface area contributed by atoms with Crippen LogP contribution in [0.2, 0.25) is 0 Å². The molecule has 0 aliphatic carbocycles. The summed E-state index contributed by atoms with van der Waals surface area (Å²) in [5.41, 5.74) is 3.47. The fourth-order valence-electron chi connectivity index (χ4n) is 3.74. The largest absolute Gasteiger partial charge is 0.444 e. The minimum absolute atomic E-state index is 0. The van der Waals surface area contributed by atoms with Gasteiger partial charge in [0.05, 0.1) is 6.04 Å². The molecule has 5 heteroatoms. The molecule has 2 aromatic rings. The van der Waals surface area contributed by atoms with Crippen LogP contribution >= 0.6 is 0 Å². The Labute approximate surface area is 137 Å². The summed E-state index contributed by atoms with van der Waals surface area (Å²) in [6.45, 7) is 8.04. The summed E-state index contributed by atoms with van der Waals surface area (Å²) in [6.07, 6.45) is 2.80. The van der Waals surface area contributed by atoms with Gasteiger partial charge in [0.15, 0.2) is 0 Å². The van der Waals surface area contributed by atoms with Crippen molar-refractivity contribution in [2.24, 2.45) is 0 Å². The summed E-state index contributed by atoms with van der Waals surface area (Å²) in [7, 11) is 0. The van der Waals surface area contributed by atoms with Crippen LogP contribution in [0, 0.1) is 0 Å². The van der Waals surface area contributed by atoms with Gasteiger partial charge in [0.1, 0.15) is 5.60 Å². The lowest BCUT2D eigenvalue weighted by Crippen LogP contribution is -2.54. The van der Waals surface area contributed by atoms with E-state index in [1.54, 1.807) is 0 Å². The molecule has 1 unspecified atom stereocenters. The van der Waals surface area contributed by atoms with Crippen molar-refractivity contribution in [3.63, 3.8) is 0 Å². The molecular formula is C18H25N3O2. The number of benzene rings is 1. The first-order valence-corrected chi connectivity index (χ1v) is 8.26. The fraction of sp³-hybridized carbons (Fsp3) is 0.500. The van der Waals surface area contributed by atoms with Gasteiger partial charge in [0.2, 0.25) is 0 Å². The maximum atomic E-state index is 12.3. The molecule has 1 fully saturated rings. The van der Waals surface area contributed by atoms with Gasteiger partial charge in [-0.2, -0.15) is 0 Å². The average molecular weight is 315 g/mol. The van der Waals surface area contributed by atoms with Crippen molar-refractivity contribution in [2.45, 2.75) is 38.8 Å². The Bertz CT molecular complexity index is 765. The molecule has 2 aliphatic rings. The second-order valence-electron chi connectivity index (χ2n) is 7.49. The number of anilines is 1. The third-order valence-electron chi connectivity index (χ3n) is 4.67. The number of nitrogens with zero attached hydrogens (tertiary/aromatic N) is 2. The van der Waals surface area contributed by atoms with Crippen LogP contribution in [0.1, 0.15) is 27.8 Å². The molecule has 0 spiro atoms. The maximum Gasteiger partial charge on any atom is 0.410 e. The Morgan fingerprint density at radius 3 is 2.91 bits per heavy atom. The Hall–Kier alpha value is -2.17. The predicted molar refractivity (Wildman–Crippen MR) is 93.1 cm³/mol. The number of rotatable bonds is 0. The SMILES string of the molecule is CC(C)(C)OC(=O)N1CCN2c3c(ccc4[nH]ccc34)CC2C1.[HH]. The highest BCUT2D eigenvalue weighted by molar-refractivity contribution is 5.95. The van der Waals surface area contributed by atoms with E-state index in [9.17, 15) is 4.79 Å². The van der Waals surface area contributed by atoms with E-state index in [-0.39, 0.29) is 7.52 Å². The van der Waals surface area contributed by atoms with Crippen molar-refractivity contribution < 1.29 is 11.0 Å². The Morgan fingerprint density at radius 1 is 1.30 bits per heavy atom. The molecule has 1 amide bonds. The normalized spacial score (nSPS) is 20.6. The van der Waals surface area contributed by atoms with E-state index in [1.165, 1.54) is 22.2 Å². The van der Waals surface area contributed by atoms with Crippen molar-refractivity contribution in [3.05, 3.63) is 30.0 Å². The standard InChI is InChI=1S/C18H23N3O2.H2/c1-18(2,3)23-17(22)20-8-9-21-13(11-20)10-12-4-5-15-14(16(12)21)6-7-19-15;/h4-7,13,19H,8-11H2,1-3H3;1H. The van der Waals surface area contributed by atoms with Crippen LogP contribution in [0.5, 0.6) is 0 Å². The summed E-state index contributed by atoms with van der Waals surface area (Å²) in [5, 5.41) is 1.29. The van der Waals surface area contributed by atoms with Gasteiger partial charge in [-0.05, 0) is 44.9 Å². The van der Waals surface area contributed by atoms with Crippen LogP contribution in [0.25, 0.3) is 10.9 Å². The van der Waals surface area contributed by atoms with E-state index in [4.69, 9.17) is 4.74 Å². The number of aromatic amines is 1. The van der Waals surface area contributed by atoms with Crippen molar-refractivity contribution in [2.75, 3.05) is 24.5 Å². The predicted octanol–water partition coefficient (Wildman–Crippen LogP) is 3.40. The molecule has 0 radical (unpaired) electrons. The summed E-state index contributed by atoms with van der Waals surface area (Å²) in [5.74, 6) is 0. The first kappa shape index (κ1) is 14.4. The van der Waals surface area contributed by atoms with Crippen molar-refractivity contribution >= 4 is 22.7 Å². The highest BCUT2D eigenvalue weighted by atomic mass is 16.6. The highest BCUT2D eigenvalue weighted by Crippen LogP contribution is 2.39. The van der Waals surface area contributed by atoms with Gasteiger partial charge in [0.25, 0.3) is 0 Å². The van der Waals surface area contributed by atoms with E-state index in [1.807, 2.05) is 31.9 Å². The van der Waals surface area contributed by atoms with Gasteiger partial charge in [-0.3, -0.25) is 0 Å². The monoisotopic (exact) mass is 315 g/mol. The molecule has 1 N–H and O–H groups in total. The van der Waals surface area contributed by atoms with Crippen molar-refractivity contribution in [1.82, 2.24) is 9.88 Å². The zero-order valence-electron chi connectivity index (χ0n) is 13.9. The Balaban J connectivity index is 0.00000169. The fourth-order valence-corrected chi connectivity index (χ4v) is 3.74. The topological polar surface area (TPSA) is 48.6 Å². The van der Waals surface area contributed by atoms with Gasteiger partial charge in [-0.1, -0.05) is 6.07 Å². The molecular weight excluding hydrogens is 290 g/mol. The molecule has 3 heterocycles. The molecule has 1 aromatic carbocycles. The van der Waals surface area contributed by atoms with Crippen LogP contribution in [0.15, 0.2) is 24.4 Å². The number of piperazine rings is 1. The van der Waals surface area contributed by atoms with Crippen molar-refractivity contribution in [3.8, 4) is 0 Å². The number of hydrogen-bond donors (Lipinski definition) is 1. The van der Waals surface area contributed by atoms with Crippen LogP contribution in [0.4, 0.5) is 10.5 Å². The molecule has 124 valence electrons. The lowest BCUT2D eigenvalue weighted by atomic mass is 10.1. The van der Waals surface area contributed by atoms with Crippen molar-refractivity contribution in [1.29, 1.82) is 0 Å². The summed E-state index contributed by atoms with van der Waals surface area (Å²) < 4.78 is 5.52. The summed E-state index contributed by atoms with van der Waals surface area (Å²) in [4.78, 5) is 19.9. The third kappa shape index (κ3) is 2.44. The quantitative estimate of drug-likeness (QED) is 0.810. The van der Waals surface area contributed by atoms with E-state index in [0.29, 0.717) is 12.6 Å². The first-order valence-electron chi connectivity index (χ1n) is 8.26. The maximum absolute atomic E-state index is 12.3. The number of ether oxygens (including phenoxy) is 1. The average Bonchev–Trinajstić information content (AvgIpc) is 3.07. The zero-order valence-corrected chi connectivity index (χ0v) is 13.9. The Kier molecular flexibility index (Phi) is 3.08. The molecule has 0 bridgehead atoms. The summed E-state index contributed by atoms with van der Waals surface area (Å²) >= 11 is 0. The number of hydrogen-bond acceptors (Lipinski definition) is 3. The number of H-pyrrole nitrogens is 1. The van der Waals surface area contributed by atoms with E-state index >= 15 is 0 Å². The molecule has 1 atom stereocenters. The van der Waals surface area contributed by atoms with Crippen LogP contribution in [-0.2, 0) is 11.2 Å². The minimum Gasteiger partial charge on any atom is -0.444 e. The van der Waals surface area contributed by atoms with Gasteiger partial charge in [0, 0.05) is 43.8 Å². The number of aromatic nitrogens is 1. The van der Waals surface area contributed by atoms with E-state index in [2.05, 4.69) is 28.1 Å². The number of amides is 1. The van der Waals surface area contributed by atoms with E-state index in [0.717, 1.165) is 19.5 Å². The van der Waals surface area contributed by atoms with Crippen LogP contribution in [0.3, 0.4) is 0 Å². The molecule has 1 saturated heterocycles. The van der Waals surface area contributed by atoms with E-state index < -0.39 is 5.60 Å². The molecule has 4 rings (SSSR count). The lowest BCUT2D eigenvalue weighted by Gasteiger charge is -2.39. The molecule has 23 heavy (non-hydrogen) atoms. The van der Waals surface area contributed by atoms with Gasteiger partial charge >= 0.3 is 6.09 Å². The lowest BCUT2D eigenvalue weighted by molar-refractivity contribution is 0.0218. The molecule has 0 saturated carbocycles. The Morgan fingerprint density at radius 2 is 2.13 bits per heavy atom. The number of nitrogens with one attached hydrogen (secondary N) is 1. The highest BCUT2D eigenvalue weighted by Gasteiger charge is 2.37. The summed E-state index contributed by atoms with van der Waals surface area (Å²) in [6, 6.07) is 6.87. The molecule has 2 aliphatic heterocycles. The first-order chi connectivity index (χ1) is 10.9. The second kappa shape index (κ2) is 4.91. The third-order valence-corrected chi connectivity index (χ3v) is 4.67. The molecule has 1 aromatic heterocycles. The molecule has 5 nitrogen and oxygen atoms in total. The smallest absolute Gasteiger partial charge is 0.410 e. The minimum atomic E-state index is -0.440. The van der Waals surface area contributed by atoms with Crippen LogP contribution in [-0.4, -0.2) is 47.3 Å².